The number of aryl methyl sites for hydroxylation is 2. The van der Waals surface area contributed by atoms with Crippen LogP contribution in [0.5, 0.6) is 0 Å². The van der Waals surface area contributed by atoms with Crippen molar-refractivity contribution in [1.82, 2.24) is 14.7 Å². The third-order valence-electron chi connectivity index (χ3n) is 6.07. The molecule has 5 nitrogen and oxygen atoms in total. The van der Waals surface area contributed by atoms with Crippen molar-refractivity contribution in [2.75, 3.05) is 26.2 Å². The summed E-state index contributed by atoms with van der Waals surface area (Å²) in [6, 6.07) is 16.5. The minimum atomic E-state index is 0.0947. The van der Waals surface area contributed by atoms with Gasteiger partial charge in [0.1, 0.15) is 0 Å². The fraction of sp³-hybridized carbons (Fsp3) is 0.417. The number of carbonyl (C=O) groups is 2. The lowest BCUT2D eigenvalue weighted by atomic mass is 10.0. The Kier molecular flexibility index (Phi) is 5.56. The first kappa shape index (κ1) is 19.5. The van der Waals surface area contributed by atoms with Crippen LogP contribution in [0.3, 0.4) is 0 Å². The second-order valence-corrected chi connectivity index (χ2v) is 8.28. The molecule has 5 heteroatoms. The molecule has 0 radical (unpaired) electrons. The number of urea groups is 1. The number of piperidine rings is 1. The number of benzene rings is 2. The second kappa shape index (κ2) is 8.27. The summed E-state index contributed by atoms with van der Waals surface area (Å²) in [4.78, 5) is 31.5. The molecule has 2 aromatic rings. The molecule has 0 N–H and O–H groups in total. The Bertz CT molecular complexity index is 885. The summed E-state index contributed by atoms with van der Waals surface area (Å²) >= 11 is 0. The van der Waals surface area contributed by atoms with Crippen LogP contribution in [-0.4, -0.2) is 58.9 Å². The molecule has 152 valence electrons. The van der Waals surface area contributed by atoms with E-state index in [0.29, 0.717) is 19.6 Å². The maximum atomic E-state index is 12.9. The normalized spacial score (nSPS) is 17.9. The number of likely N-dealkylation sites (tertiary alicyclic amines) is 1. The Morgan fingerprint density at radius 1 is 0.931 bits per heavy atom. The fourth-order valence-electron chi connectivity index (χ4n) is 4.38. The molecule has 4 rings (SSSR count). The van der Waals surface area contributed by atoms with Gasteiger partial charge in [-0.2, -0.15) is 0 Å². The summed E-state index contributed by atoms with van der Waals surface area (Å²) in [5.41, 5.74) is 4.30. The van der Waals surface area contributed by atoms with E-state index in [2.05, 4.69) is 25.1 Å². The van der Waals surface area contributed by atoms with Crippen molar-refractivity contribution < 1.29 is 9.59 Å². The van der Waals surface area contributed by atoms with Gasteiger partial charge in [0.25, 0.3) is 5.91 Å². The SMILES string of the molecule is Cc1ccc(C(=O)N2CCC(N3CCN(Cc4cccc(C)c4)C3=O)CC2)cc1. The molecule has 0 unspecified atom stereocenters. The molecule has 0 aromatic heterocycles. The van der Waals surface area contributed by atoms with Crippen LogP contribution in [0.25, 0.3) is 0 Å². The minimum Gasteiger partial charge on any atom is -0.338 e. The van der Waals surface area contributed by atoms with Crippen molar-refractivity contribution in [3.05, 3.63) is 70.8 Å². The van der Waals surface area contributed by atoms with Crippen LogP contribution >= 0.6 is 0 Å². The number of hydrogen-bond donors (Lipinski definition) is 0. The van der Waals surface area contributed by atoms with Crippen molar-refractivity contribution in [3.63, 3.8) is 0 Å². The van der Waals surface area contributed by atoms with Gasteiger partial charge in [0.05, 0.1) is 0 Å². The molecule has 2 heterocycles. The van der Waals surface area contributed by atoms with E-state index in [-0.39, 0.29) is 18.0 Å². The lowest BCUT2D eigenvalue weighted by molar-refractivity contribution is 0.0663. The van der Waals surface area contributed by atoms with Crippen molar-refractivity contribution in [2.45, 2.75) is 39.3 Å². The zero-order valence-electron chi connectivity index (χ0n) is 17.3. The highest BCUT2D eigenvalue weighted by molar-refractivity contribution is 5.94. The van der Waals surface area contributed by atoms with Gasteiger partial charge >= 0.3 is 6.03 Å². The van der Waals surface area contributed by atoms with Gasteiger partial charge in [-0.05, 0) is 44.4 Å². The van der Waals surface area contributed by atoms with E-state index in [1.165, 1.54) is 11.1 Å². The number of nitrogens with zero attached hydrogens (tertiary/aromatic N) is 3. The lowest BCUT2D eigenvalue weighted by Crippen LogP contribution is -2.48. The first-order valence-corrected chi connectivity index (χ1v) is 10.5. The molecule has 2 aliphatic rings. The van der Waals surface area contributed by atoms with Crippen molar-refractivity contribution in [2.24, 2.45) is 0 Å². The molecule has 0 spiro atoms. The quantitative estimate of drug-likeness (QED) is 0.795. The Hall–Kier alpha value is -2.82. The Morgan fingerprint density at radius 2 is 1.66 bits per heavy atom. The van der Waals surface area contributed by atoms with Crippen LogP contribution < -0.4 is 0 Å². The van der Waals surface area contributed by atoms with E-state index < -0.39 is 0 Å². The highest BCUT2D eigenvalue weighted by atomic mass is 16.2. The Balaban J connectivity index is 1.32. The van der Waals surface area contributed by atoms with Crippen molar-refractivity contribution in [1.29, 1.82) is 0 Å². The molecule has 2 aromatic carbocycles. The van der Waals surface area contributed by atoms with E-state index in [1.54, 1.807) is 0 Å². The van der Waals surface area contributed by atoms with Crippen molar-refractivity contribution in [3.8, 4) is 0 Å². The molecule has 0 bridgehead atoms. The summed E-state index contributed by atoms with van der Waals surface area (Å²) in [7, 11) is 0. The lowest BCUT2D eigenvalue weighted by Gasteiger charge is -2.36. The highest BCUT2D eigenvalue weighted by Gasteiger charge is 2.36. The van der Waals surface area contributed by atoms with E-state index in [1.807, 2.05) is 52.0 Å². The minimum absolute atomic E-state index is 0.0947. The number of hydrogen-bond acceptors (Lipinski definition) is 2. The highest BCUT2D eigenvalue weighted by Crippen LogP contribution is 2.24. The van der Waals surface area contributed by atoms with Gasteiger partial charge in [0.15, 0.2) is 0 Å². The summed E-state index contributed by atoms with van der Waals surface area (Å²) in [6.45, 7) is 7.73. The van der Waals surface area contributed by atoms with E-state index in [4.69, 9.17) is 0 Å². The zero-order valence-corrected chi connectivity index (χ0v) is 17.3. The molecular formula is C24H29N3O2. The number of carbonyl (C=O) groups excluding carboxylic acids is 2. The number of amides is 3. The molecule has 0 saturated carbocycles. The van der Waals surface area contributed by atoms with Gasteiger partial charge in [-0.15, -0.1) is 0 Å². The van der Waals surface area contributed by atoms with Crippen LogP contribution in [0.15, 0.2) is 48.5 Å². The van der Waals surface area contributed by atoms with Gasteiger partial charge in [-0.1, -0.05) is 47.5 Å². The van der Waals surface area contributed by atoms with E-state index in [9.17, 15) is 9.59 Å². The smallest absolute Gasteiger partial charge is 0.320 e. The number of rotatable bonds is 4. The van der Waals surface area contributed by atoms with E-state index >= 15 is 0 Å². The molecular weight excluding hydrogens is 362 g/mol. The van der Waals surface area contributed by atoms with Crippen LogP contribution in [0.2, 0.25) is 0 Å². The average Bonchev–Trinajstić information content (AvgIpc) is 3.08. The third-order valence-corrected chi connectivity index (χ3v) is 6.07. The average molecular weight is 392 g/mol. The Morgan fingerprint density at radius 3 is 2.34 bits per heavy atom. The maximum absolute atomic E-state index is 12.9. The summed E-state index contributed by atoms with van der Waals surface area (Å²) in [5, 5.41) is 0. The van der Waals surface area contributed by atoms with E-state index in [0.717, 1.165) is 37.1 Å². The molecule has 2 aliphatic heterocycles. The summed E-state index contributed by atoms with van der Waals surface area (Å²) < 4.78 is 0. The van der Waals surface area contributed by atoms with Gasteiger partial charge in [0, 0.05) is 44.3 Å². The second-order valence-electron chi connectivity index (χ2n) is 8.28. The molecule has 0 aliphatic carbocycles. The largest absolute Gasteiger partial charge is 0.338 e. The monoisotopic (exact) mass is 391 g/mol. The predicted octanol–water partition coefficient (Wildman–Crippen LogP) is 3.85. The molecule has 2 fully saturated rings. The molecule has 0 atom stereocenters. The van der Waals surface area contributed by atoms with Crippen molar-refractivity contribution >= 4 is 11.9 Å². The predicted molar refractivity (Wildman–Crippen MR) is 114 cm³/mol. The third kappa shape index (κ3) is 4.29. The van der Waals surface area contributed by atoms with Crippen LogP contribution in [0, 0.1) is 13.8 Å². The first-order chi connectivity index (χ1) is 14.0. The fourth-order valence-corrected chi connectivity index (χ4v) is 4.38. The first-order valence-electron chi connectivity index (χ1n) is 10.5. The zero-order chi connectivity index (χ0) is 20.4. The topological polar surface area (TPSA) is 43.9 Å². The Labute approximate surface area is 172 Å². The standard InChI is InChI=1S/C24H29N3O2/c1-18-6-8-21(9-7-18)23(28)25-12-10-22(11-13-25)27-15-14-26(24(27)29)17-20-5-3-4-19(2)16-20/h3-9,16,22H,10-15,17H2,1-2H3. The van der Waals surface area contributed by atoms with Crippen LogP contribution in [0.4, 0.5) is 4.79 Å². The van der Waals surface area contributed by atoms with Gasteiger partial charge < -0.3 is 14.7 Å². The summed E-state index contributed by atoms with van der Waals surface area (Å²) in [5.74, 6) is 0.0947. The maximum Gasteiger partial charge on any atom is 0.320 e. The molecule has 29 heavy (non-hydrogen) atoms. The van der Waals surface area contributed by atoms with Crippen LogP contribution in [-0.2, 0) is 6.54 Å². The van der Waals surface area contributed by atoms with Gasteiger partial charge in [-0.25, -0.2) is 4.79 Å². The molecule has 2 saturated heterocycles. The van der Waals surface area contributed by atoms with Gasteiger partial charge in [0.2, 0.25) is 0 Å². The van der Waals surface area contributed by atoms with Crippen LogP contribution in [0.1, 0.15) is 39.9 Å². The van der Waals surface area contributed by atoms with Gasteiger partial charge in [-0.3, -0.25) is 4.79 Å². The molecule has 3 amide bonds. The summed E-state index contributed by atoms with van der Waals surface area (Å²) in [6.07, 6.45) is 1.70.